The summed E-state index contributed by atoms with van der Waals surface area (Å²) in [5.74, 6) is 1.05. The van der Waals surface area contributed by atoms with Crippen molar-refractivity contribution in [3.05, 3.63) is 102 Å². The summed E-state index contributed by atoms with van der Waals surface area (Å²) in [6, 6.07) is 21.7. The average molecular weight is 426 g/mol. The number of amides is 1. The van der Waals surface area contributed by atoms with Crippen molar-refractivity contribution in [2.45, 2.75) is 19.5 Å². The SMILES string of the molecule is Cc1ccc(C2=C[C@H](c3ccccc3)n3nnnc3N2CC(=O)NCc2ccco2)cc1. The van der Waals surface area contributed by atoms with E-state index in [4.69, 9.17) is 4.42 Å². The van der Waals surface area contributed by atoms with Gasteiger partial charge in [0.25, 0.3) is 5.95 Å². The Bertz CT molecular complexity index is 1230. The maximum atomic E-state index is 12.8. The molecule has 160 valence electrons. The third-order valence-electron chi connectivity index (χ3n) is 5.42. The van der Waals surface area contributed by atoms with Gasteiger partial charge < -0.3 is 9.73 Å². The van der Waals surface area contributed by atoms with Crippen molar-refractivity contribution in [1.82, 2.24) is 25.5 Å². The van der Waals surface area contributed by atoms with Crippen LogP contribution in [0.2, 0.25) is 0 Å². The molecule has 1 atom stereocenters. The standard InChI is InChI=1S/C24H22N6O2/c1-17-9-11-19(12-10-17)21-14-22(18-6-3-2-4-7-18)30-24(26-27-28-30)29(21)16-23(31)25-15-20-8-5-13-32-20/h2-14,22H,15-16H2,1H3,(H,25,31)/t22-/m1/s1. The van der Waals surface area contributed by atoms with Crippen molar-refractivity contribution in [3.8, 4) is 0 Å². The Labute approximate surface area is 185 Å². The van der Waals surface area contributed by atoms with Crippen LogP contribution in [0.15, 0.2) is 83.5 Å². The molecule has 0 radical (unpaired) electrons. The first-order valence-electron chi connectivity index (χ1n) is 10.4. The highest BCUT2D eigenvalue weighted by atomic mass is 16.3. The third-order valence-corrected chi connectivity index (χ3v) is 5.42. The quantitative estimate of drug-likeness (QED) is 0.509. The van der Waals surface area contributed by atoms with Gasteiger partial charge >= 0.3 is 0 Å². The molecule has 1 aliphatic rings. The molecule has 4 aromatic rings. The third kappa shape index (κ3) is 3.90. The van der Waals surface area contributed by atoms with Crippen molar-refractivity contribution < 1.29 is 9.21 Å². The molecule has 1 amide bonds. The zero-order valence-corrected chi connectivity index (χ0v) is 17.5. The Kier molecular flexibility index (Phi) is 5.25. The zero-order valence-electron chi connectivity index (χ0n) is 17.5. The molecular weight excluding hydrogens is 404 g/mol. The highest BCUT2D eigenvalue weighted by Crippen LogP contribution is 2.36. The number of aryl methyl sites for hydroxylation is 1. The zero-order chi connectivity index (χ0) is 21.9. The second-order valence-electron chi connectivity index (χ2n) is 7.64. The van der Waals surface area contributed by atoms with E-state index in [-0.39, 0.29) is 18.5 Å². The lowest BCUT2D eigenvalue weighted by atomic mass is 10.00. The fraction of sp³-hybridized carbons (Fsp3) is 0.167. The first-order valence-corrected chi connectivity index (χ1v) is 10.4. The maximum absolute atomic E-state index is 12.8. The second-order valence-corrected chi connectivity index (χ2v) is 7.64. The Morgan fingerprint density at radius 2 is 1.88 bits per heavy atom. The van der Waals surface area contributed by atoms with E-state index in [9.17, 15) is 4.79 Å². The van der Waals surface area contributed by atoms with Gasteiger partial charge in [0.2, 0.25) is 5.91 Å². The lowest BCUT2D eigenvalue weighted by molar-refractivity contribution is -0.119. The van der Waals surface area contributed by atoms with Crippen LogP contribution in [0.1, 0.15) is 28.5 Å². The number of furan rings is 1. The minimum Gasteiger partial charge on any atom is -0.467 e. The molecule has 2 aromatic heterocycles. The minimum atomic E-state index is -0.181. The highest BCUT2D eigenvalue weighted by molar-refractivity contribution is 5.89. The minimum absolute atomic E-state index is 0.0717. The molecule has 0 bridgehead atoms. The fourth-order valence-electron chi connectivity index (χ4n) is 3.78. The van der Waals surface area contributed by atoms with Crippen LogP contribution in [0, 0.1) is 6.92 Å². The van der Waals surface area contributed by atoms with Gasteiger partial charge in [0.1, 0.15) is 18.3 Å². The molecule has 0 aliphatic carbocycles. The summed E-state index contributed by atoms with van der Waals surface area (Å²) in [5, 5.41) is 15.3. The van der Waals surface area contributed by atoms with E-state index in [1.54, 1.807) is 17.0 Å². The van der Waals surface area contributed by atoms with Crippen LogP contribution < -0.4 is 10.2 Å². The molecule has 8 heteroatoms. The van der Waals surface area contributed by atoms with Crippen LogP contribution in [-0.2, 0) is 11.3 Å². The molecule has 1 N–H and O–H groups in total. The molecule has 0 unspecified atom stereocenters. The summed E-state index contributed by atoms with van der Waals surface area (Å²) in [5.41, 5.74) is 4.10. The van der Waals surface area contributed by atoms with E-state index in [1.165, 1.54) is 0 Å². The predicted molar refractivity (Wildman–Crippen MR) is 119 cm³/mol. The molecule has 1 aliphatic heterocycles. The van der Waals surface area contributed by atoms with Crippen molar-refractivity contribution in [3.63, 3.8) is 0 Å². The number of hydrogen-bond acceptors (Lipinski definition) is 6. The van der Waals surface area contributed by atoms with E-state index >= 15 is 0 Å². The summed E-state index contributed by atoms with van der Waals surface area (Å²) in [6.07, 6.45) is 3.69. The van der Waals surface area contributed by atoms with Gasteiger partial charge in [-0.15, -0.1) is 0 Å². The van der Waals surface area contributed by atoms with E-state index < -0.39 is 0 Å². The maximum Gasteiger partial charge on any atom is 0.251 e. The van der Waals surface area contributed by atoms with E-state index in [1.807, 2.05) is 48.2 Å². The first-order chi connectivity index (χ1) is 15.7. The number of aromatic nitrogens is 4. The van der Waals surface area contributed by atoms with Crippen LogP contribution in [0.25, 0.3) is 5.70 Å². The highest BCUT2D eigenvalue weighted by Gasteiger charge is 2.31. The lowest BCUT2D eigenvalue weighted by Crippen LogP contribution is -2.39. The van der Waals surface area contributed by atoms with E-state index in [0.29, 0.717) is 18.3 Å². The lowest BCUT2D eigenvalue weighted by Gasteiger charge is -2.32. The molecule has 5 rings (SSSR count). The molecule has 0 saturated heterocycles. The summed E-state index contributed by atoms with van der Waals surface area (Å²) < 4.78 is 7.05. The van der Waals surface area contributed by atoms with Gasteiger partial charge in [-0.25, -0.2) is 0 Å². The number of nitrogens with zero attached hydrogens (tertiary/aromatic N) is 5. The summed E-state index contributed by atoms with van der Waals surface area (Å²) in [4.78, 5) is 14.7. The summed E-state index contributed by atoms with van der Waals surface area (Å²) in [7, 11) is 0. The number of carbonyl (C=O) groups excluding carboxylic acids is 1. The van der Waals surface area contributed by atoms with Crippen molar-refractivity contribution in [1.29, 1.82) is 0 Å². The Hall–Kier alpha value is -4.20. The Morgan fingerprint density at radius 3 is 2.62 bits per heavy atom. The molecule has 0 saturated carbocycles. The number of carbonyl (C=O) groups is 1. The number of benzene rings is 2. The van der Waals surface area contributed by atoms with Gasteiger partial charge in [-0.2, -0.15) is 4.68 Å². The van der Waals surface area contributed by atoms with Gasteiger partial charge in [0.15, 0.2) is 0 Å². The molecular formula is C24H22N6O2. The number of anilines is 1. The summed E-state index contributed by atoms with van der Waals surface area (Å²) >= 11 is 0. The van der Waals surface area contributed by atoms with Crippen molar-refractivity contribution in [2.24, 2.45) is 0 Å². The largest absolute Gasteiger partial charge is 0.467 e. The summed E-state index contributed by atoms with van der Waals surface area (Å²) in [6.45, 7) is 2.44. The van der Waals surface area contributed by atoms with Gasteiger partial charge in [0.05, 0.1) is 18.5 Å². The number of rotatable bonds is 6. The number of allylic oxidation sites excluding steroid dienone is 1. The average Bonchev–Trinajstić information content (AvgIpc) is 3.52. The number of tetrazole rings is 1. The number of fused-ring (bicyclic) bond motifs is 1. The smallest absolute Gasteiger partial charge is 0.251 e. The topological polar surface area (TPSA) is 89.1 Å². The van der Waals surface area contributed by atoms with Crippen LogP contribution in [0.4, 0.5) is 5.95 Å². The molecule has 2 aromatic carbocycles. The molecule has 8 nitrogen and oxygen atoms in total. The van der Waals surface area contributed by atoms with Gasteiger partial charge in [0, 0.05) is 0 Å². The van der Waals surface area contributed by atoms with Crippen LogP contribution in [-0.4, -0.2) is 32.7 Å². The van der Waals surface area contributed by atoms with Gasteiger partial charge in [-0.1, -0.05) is 65.3 Å². The molecule has 0 fully saturated rings. The van der Waals surface area contributed by atoms with Crippen LogP contribution >= 0.6 is 0 Å². The number of nitrogens with one attached hydrogen (secondary N) is 1. The fourth-order valence-corrected chi connectivity index (χ4v) is 3.78. The monoisotopic (exact) mass is 426 g/mol. The number of hydrogen-bond donors (Lipinski definition) is 1. The molecule has 32 heavy (non-hydrogen) atoms. The van der Waals surface area contributed by atoms with Gasteiger partial charge in [-0.3, -0.25) is 9.69 Å². The van der Waals surface area contributed by atoms with Gasteiger partial charge in [-0.05, 0) is 46.7 Å². The second kappa shape index (κ2) is 8.50. The van der Waals surface area contributed by atoms with Crippen LogP contribution in [0.3, 0.4) is 0 Å². The Morgan fingerprint density at radius 1 is 1.06 bits per heavy atom. The molecule has 3 heterocycles. The van der Waals surface area contributed by atoms with E-state index in [0.717, 1.165) is 22.4 Å². The van der Waals surface area contributed by atoms with E-state index in [2.05, 4.69) is 51.2 Å². The first kappa shape index (κ1) is 19.7. The van der Waals surface area contributed by atoms with Crippen molar-refractivity contribution in [2.75, 3.05) is 11.4 Å². The molecule has 0 spiro atoms. The normalized spacial score (nSPS) is 15.2. The van der Waals surface area contributed by atoms with Crippen molar-refractivity contribution >= 4 is 17.6 Å². The Balaban J connectivity index is 1.50. The predicted octanol–water partition coefficient (Wildman–Crippen LogP) is 3.34. The van der Waals surface area contributed by atoms with Crippen LogP contribution in [0.5, 0.6) is 0 Å².